The maximum Gasteiger partial charge on any atom is 0.338 e. The van der Waals surface area contributed by atoms with Crippen molar-refractivity contribution in [1.82, 2.24) is 0 Å². The molecule has 0 aromatic heterocycles. The van der Waals surface area contributed by atoms with E-state index in [1.54, 1.807) is 34.6 Å². The Kier molecular flexibility index (Phi) is 3.53. The zero-order valence-electron chi connectivity index (χ0n) is 13.0. The third-order valence-corrected chi connectivity index (χ3v) is 3.67. The van der Waals surface area contributed by atoms with Gasteiger partial charge in [-0.2, -0.15) is 0 Å². The van der Waals surface area contributed by atoms with Crippen LogP contribution in [-0.2, 0) is 33.2 Å². The Morgan fingerprint density at radius 2 is 1.52 bits per heavy atom. The number of hydrogen-bond acceptors (Lipinski definition) is 7. The predicted molar refractivity (Wildman–Crippen MR) is 69.2 cm³/mol. The van der Waals surface area contributed by atoms with Gasteiger partial charge in [-0.1, -0.05) is 0 Å². The second-order valence-corrected chi connectivity index (χ2v) is 6.34. The minimum absolute atomic E-state index is 0.275. The second kappa shape index (κ2) is 4.89. The third kappa shape index (κ3) is 2.68. The maximum atomic E-state index is 12.1. The summed E-state index contributed by atoms with van der Waals surface area (Å²) in [6, 6.07) is 0. The maximum absolute atomic E-state index is 12.1. The highest BCUT2D eigenvalue weighted by Gasteiger charge is 2.62. The summed E-state index contributed by atoms with van der Waals surface area (Å²) in [5.74, 6) is -2.07. The van der Waals surface area contributed by atoms with Crippen LogP contribution in [0.2, 0.25) is 0 Å². The molecule has 5 atom stereocenters. The normalized spacial score (nSPS) is 43.2. The number of hydrogen-bond donors (Lipinski definition) is 0. The van der Waals surface area contributed by atoms with Crippen LogP contribution in [0.1, 0.15) is 34.6 Å². The molecule has 0 aliphatic carbocycles. The Morgan fingerprint density at radius 3 is 2.19 bits per heavy atom. The van der Waals surface area contributed by atoms with Crippen molar-refractivity contribution in [2.75, 3.05) is 6.61 Å². The number of carbonyl (C=O) groups is 1. The SMILES string of the molecule is CCOC(=O)C1OC2OC(C)(C)OC2C2OC(C)(C)OC12. The molecule has 5 unspecified atom stereocenters. The summed E-state index contributed by atoms with van der Waals surface area (Å²) in [7, 11) is 0. The van der Waals surface area contributed by atoms with Crippen LogP contribution in [-0.4, -0.2) is 54.9 Å². The molecule has 0 N–H and O–H groups in total. The van der Waals surface area contributed by atoms with Gasteiger partial charge in [-0.05, 0) is 34.6 Å². The monoisotopic (exact) mass is 302 g/mol. The van der Waals surface area contributed by atoms with Gasteiger partial charge in [0.25, 0.3) is 0 Å². The third-order valence-electron chi connectivity index (χ3n) is 3.67. The average molecular weight is 302 g/mol. The lowest BCUT2D eigenvalue weighted by molar-refractivity contribution is -0.239. The molecule has 3 heterocycles. The molecule has 3 rings (SSSR count). The van der Waals surface area contributed by atoms with Crippen LogP contribution in [0.25, 0.3) is 0 Å². The van der Waals surface area contributed by atoms with Crippen molar-refractivity contribution in [3.05, 3.63) is 0 Å². The van der Waals surface area contributed by atoms with E-state index in [2.05, 4.69) is 0 Å². The number of carbonyl (C=O) groups excluding carboxylic acids is 1. The highest BCUT2D eigenvalue weighted by Crippen LogP contribution is 2.44. The summed E-state index contributed by atoms with van der Waals surface area (Å²) < 4.78 is 34.1. The molecule has 0 spiro atoms. The van der Waals surface area contributed by atoms with Crippen molar-refractivity contribution in [1.29, 1.82) is 0 Å². The van der Waals surface area contributed by atoms with Crippen LogP contribution >= 0.6 is 0 Å². The van der Waals surface area contributed by atoms with Crippen molar-refractivity contribution in [3.63, 3.8) is 0 Å². The molecule has 3 saturated heterocycles. The first-order valence-corrected chi connectivity index (χ1v) is 7.26. The molecule has 7 nitrogen and oxygen atoms in total. The van der Waals surface area contributed by atoms with Gasteiger partial charge in [0.15, 0.2) is 24.0 Å². The molecule has 3 aliphatic rings. The molecule has 0 bridgehead atoms. The van der Waals surface area contributed by atoms with Crippen LogP contribution in [0.15, 0.2) is 0 Å². The van der Waals surface area contributed by atoms with Gasteiger partial charge in [0.1, 0.15) is 18.3 Å². The molecule has 120 valence electrons. The Hall–Kier alpha value is -0.730. The zero-order valence-corrected chi connectivity index (χ0v) is 13.0. The lowest BCUT2D eigenvalue weighted by Gasteiger charge is -2.35. The summed E-state index contributed by atoms with van der Waals surface area (Å²) in [4.78, 5) is 12.1. The van der Waals surface area contributed by atoms with E-state index in [0.717, 1.165) is 0 Å². The zero-order chi connectivity index (χ0) is 15.4. The number of ether oxygens (including phenoxy) is 6. The molecule has 7 heteroatoms. The van der Waals surface area contributed by atoms with Crippen LogP contribution < -0.4 is 0 Å². The highest BCUT2D eigenvalue weighted by atomic mass is 16.9. The molecular formula is C14H22O7. The van der Waals surface area contributed by atoms with E-state index < -0.39 is 48.2 Å². The molecule has 0 saturated carbocycles. The molecular weight excluding hydrogens is 280 g/mol. The predicted octanol–water partition coefficient (Wildman–Crippen LogP) is 0.946. The van der Waals surface area contributed by atoms with Crippen molar-refractivity contribution in [2.24, 2.45) is 0 Å². The molecule has 3 aliphatic heterocycles. The summed E-state index contributed by atoms with van der Waals surface area (Å²) >= 11 is 0. The van der Waals surface area contributed by atoms with Gasteiger partial charge in [0, 0.05) is 0 Å². The number of esters is 1. The lowest BCUT2D eigenvalue weighted by Crippen LogP contribution is -2.57. The first kappa shape index (κ1) is 15.2. The molecule has 3 fully saturated rings. The smallest absolute Gasteiger partial charge is 0.338 e. The summed E-state index contributed by atoms with van der Waals surface area (Å²) in [5.41, 5.74) is 0. The fourth-order valence-corrected chi connectivity index (χ4v) is 3.03. The van der Waals surface area contributed by atoms with E-state index in [0.29, 0.717) is 0 Å². The van der Waals surface area contributed by atoms with E-state index in [-0.39, 0.29) is 6.61 Å². The minimum Gasteiger partial charge on any atom is -0.464 e. The lowest BCUT2D eigenvalue weighted by atomic mass is 9.99. The van der Waals surface area contributed by atoms with Crippen LogP contribution in [0.5, 0.6) is 0 Å². The van der Waals surface area contributed by atoms with E-state index >= 15 is 0 Å². The van der Waals surface area contributed by atoms with E-state index in [1.165, 1.54) is 0 Å². The number of fused-ring (bicyclic) bond motifs is 3. The van der Waals surface area contributed by atoms with Gasteiger partial charge in [-0.25, -0.2) is 4.79 Å². The Bertz CT molecular complexity index is 433. The van der Waals surface area contributed by atoms with Crippen molar-refractivity contribution < 1.29 is 33.2 Å². The fourth-order valence-electron chi connectivity index (χ4n) is 3.03. The van der Waals surface area contributed by atoms with Gasteiger partial charge in [0.2, 0.25) is 0 Å². The van der Waals surface area contributed by atoms with Gasteiger partial charge < -0.3 is 28.4 Å². The van der Waals surface area contributed by atoms with Crippen LogP contribution in [0, 0.1) is 0 Å². The van der Waals surface area contributed by atoms with Crippen molar-refractivity contribution >= 4 is 5.97 Å². The highest BCUT2D eigenvalue weighted by molar-refractivity contribution is 5.76. The minimum atomic E-state index is -0.879. The first-order valence-electron chi connectivity index (χ1n) is 7.26. The topological polar surface area (TPSA) is 72.5 Å². The van der Waals surface area contributed by atoms with E-state index in [9.17, 15) is 4.79 Å². The summed E-state index contributed by atoms with van der Waals surface area (Å²) in [6.45, 7) is 9.20. The largest absolute Gasteiger partial charge is 0.464 e. The van der Waals surface area contributed by atoms with E-state index in [1.807, 2.05) is 0 Å². The molecule has 0 aromatic carbocycles. The molecule has 0 amide bonds. The van der Waals surface area contributed by atoms with Crippen LogP contribution in [0.3, 0.4) is 0 Å². The van der Waals surface area contributed by atoms with Gasteiger partial charge in [-0.3, -0.25) is 0 Å². The molecule has 0 radical (unpaired) electrons. The Labute approximate surface area is 123 Å². The first-order chi connectivity index (χ1) is 9.72. The summed E-state index contributed by atoms with van der Waals surface area (Å²) in [5, 5.41) is 0. The summed E-state index contributed by atoms with van der Waals surface area (Å²) in [6.07, 6.45) is -2.99. The molecule has 0 aromatic rings. The van der Waals surface area contributed by atoms with Gasteiger partial charge in [-0.15, -0.1) is 0 Å². The quantitative estimate of drug-likeness (QED) is 0.703. The standard InChI is InChI=1S/C14H22O7/c1-6-16-11(15)9-7-8(19-13(2,3)18-7)10-12(17-9)21-14(4,5)20-10/h7-10,12H,6H2,1-5H3. The average Bonchev–Trinajstić information content (AvgIpc) is 2.82. The fraction of sp³-hybridized carbons (Fsp3) is 0.929. The number of rotatable bonds is 2. The second-order valence-electron chi connectivity index (χ2n) is 6.34. The molecule has 21 heavy (non-hydrogen) atoms. The Balaban J connectivity index is 1.86. The Morgan fingerprint density at radius 1 is 0.952 bits per heavy atom. The van der Waals surface area contributed by atoms with Gasteiger partial charge >= 0.3 is 5.97 Å². The van der Waals surface area contributed by atoms with Crippen LogP contribution in [0.4, 0.5) is 0 Å². The van der Waals surface area contributed by atoms with Gasteiger partial charge in [0.05, 0.1) is 6.61 Å². The van der Waals surface area contributed by atoms with Crippen molar-refractivity contribution in [3.8, 4) is 0 Å². The van der Waals surface area contributed by atoms with Crippen molar-refractivity contribution in [2.45, 2.75) is 76.9 Å². The van der Waals surface area contributed by atoms with E-state index in [4.69, 9.17) is 28.4 Å².